The van der Waals surface area contributed by atoms with Crippen LogP contribution < -0.4 is 0 Å². The minimum absolute atomic E-state index is 0.351. The van der Waals surface area contributed by atoms with Gasteiger partial charge in [-0.05, 0) is 57.5 Å². The first-order chi connectivity index (χ1) is 9.56. The third-order valence-electron chi connectivity index (χ3n) is 5.06. The fourth-order valence-electron chi connectivity index (χ4n) is 3.32. The van der Waals surface area contributed by atoms with E-state index in [0.717, 1.165) is 38.4 Å². The summed E-state index contributed by atoms with van der Waals surface area (Å²) in [5, 5.41) is 0. The van der Waals surface area contributed by atoms with Crippen molar-refractivity contribution in [1.29, 1.82) is 0 Å². The largest absolute Gasteiger partial charge is 0.343 e. The van der Waals surface area contributed by atoms with Gasteiger partial charge in [-0.3, -0.25) is 4.79 Å². The van der Waals surface area contributed by atoms with Gasteiger partial charge >= 0.3 is 0 Å². The normalized spacial score (nSPS) is 23.0. The van der Waals surface area contributed by atoms with Gasteiger partial charge in [-0.1, -0.05) is 19.1 Å². The predicted octanol–water partition coefficient (Wildman–Crippen LogP) is 2.92. The van der Waals surface area contributed by atoms with E-state index < -0.39 is 0 Å². The number of nitrogens with zero attached hydrogens (tertiary/aromatic N) is 2. The van der Waals surface area contributed by atoms with E-state index in [0.29, 0.717) is 18.2 Å². The van der Waals surface area contributed by atoms with Gasteiger partial charge in [0.2, 0.25) is 5.91 Å². The molecule has 20 heavy (non-hydrogen) atoms. The Hall–Kier alpha value is -0.830. The SMILES string of the molecule is C=C(C)C1CCN(C(=O)CCN2CCC(C)CC2)CC1. The molecule has 2 rings (SSSR count). The average Bonchev–Trinajstić information content (AvgIpc) is 2.46. The molecule has 3 heteroatoms. The third-order valence-corrected chi connectivity index (χ3v) is 5.06. The number of rotatable bonds is 4. The highest BCUT2D eigenvalue weighted by molar-refractivity contribution is 5.76. The topological polar surface area (TPSA) is 23.6 Å². The van der Waals surface area contributed by atoms with E-state index in [1.54, 1.807) is 0 Å². The van der Waals surface area contributed by atoms with Gasteiger partial charge in [0.25, 0.3) is 0 Å². The lowest BCUT2D eigenvalue weighted by Crippen LogP contribution is -2.41. The summed E-state index contributed by atoms with van der Waals surface area (Å²) < 4.78 is 0. The first-order valence-electron chi connectivity index (χ1n) is 8.21. The third kappa shape index (κ3) is 4.34. The van der Waals surface area contributed by atoms with Crippen LogP contribution in [0, 0.1) is 11.8 Å². The van der Waals surface area contributed by atoms with Gasteiger partial charge in [0, 0.05) is 26.1 Å². The maximum absolute atomic E-state index is 12.3. The second-order valence-corrected chi connectivity index (χ2v) is 6.78. The van der Waals surface area contributed by atoms with Crippen LogP contribution in [0.1, 0.15) is 46.0 Å². The lowest BCUT2D eigenvalue weighted by atomic mass is 9.91. The molecule has 0 bridgehead atoms. The molecule has 2 aliphatic heterocycles. The molecule has 0 spiro atoms. The van der Waals surface area contributed by atoms with E-state index in [2.05, 4.69) is 30.2 Å². The zero-order valence-electron chi connectivity index (χ0n) is 13.2. The first kappa shape index (κ1) is 15.6. The Labute approximate surface area is 124 Å². The molecule has 0 aliphatic carbocycles. The van der Waals surface area contributed by atoms with Crippen molar-refractivity contribution in [3.8, 4) is 0 Å². The number of piperidine rings is 2. The van der Waals surface area contributed by atoms with Crippen molar-refractivity contribution in [3.05, 3.63) is 12.2 Å². The fourth-order valence-corrected chi connectivity index (χ4v) is 3.32. The van der Waals surface area contributed by atoms with Crippen LogP contribution >= 0.6 is 0 Å². The first-order valence-corrected chi connectivity index (χ1v) is 8.21. The van der Waals surface area contributed by atoms with Crippen LogP contribution in [0.5, 0.6) is 0 Å². The second-order valence-electron chi connectivity index (χ2n) is 6.78. The number of hydrogen-bond acceptors (Lipinski definition) is 2. The van der Waals surface area contributed by atoms with Gasteiger partial charge in [-0.2, -0.15) is 0 Å². The minimum Gasteiger partial charge on any atom is -0.343 e. The van der Waals surface area contributed by atoms with Gasteiger partial charge in [0.05, 0.1) is 0 Å². The summed E-state index contributed by atoms with van der Waals surface area (Å²) in [5.74, 6) is 1.84. The van der Waals surface area contributed by atoms with E-state index in [1.165, 1.54) is 31.5 Å². The Kier molecular flexibility index (Phi) is 5.64. The molecule has 2 heterocycles. The molecule has 0 saturated carbocycles. The summed E-state index contributed by atoms with van der Waals surface area (Å²) in [6, 6.07) is 0. The van der Waals surface area contributed by atoms with Crippen LogP contribution in [0.4, 0.5) is 0 Å². The van der Waals surface area contributed by atoms with Crippen molar-refractivity contribution in [2.45, 2.75) is 46.0 Å². The Morgan fingerprint density at radius 2 is 1.70 bits per heavy atom. The molecule has 0 aromatic carbocycles. The van der Waals surface area contributed by atoms with Gasteiger partial charge in [0.15, 0.2) is 0 Å². The van der Waals surface area contributed by atoms with E-state index >= 15 is 0 Å². The number of likely N-dealkylation sites (tertiary alicyclic amines) is 2. The Balaban J connectivity index is 1.67. The predicted molar refractivity (Wildman–Crippen MR) is 83.6 cm³/mol. The van der Waals surface area contributed by atoms with E-state index in [-0.39, 0.29) is 0 Å². The van der Waals surface area contributed by atoms with E-state index in [1.807, 2.05) is 0 Å². The highest BCUT2D eigenvalue weighted by Crippen LogP contribution is 2.23. The lowest BCUT2D eigenvalue weighted by Gasteiger charge is -2.34. The standard InChI is InChI=1S/C17H30N2O/c1-14(2)16-6-12-19(13-7-16)17(20)8-11-18-9-4-15(3)5-10-18/h15-16H,1,4-13H2,2-3H3. The highest BCUT2D eigenvalue weighted by Gasteiger charge is 2.23. The summed E-state index contributed by atoms with van der Waals surface area (Å²) in [6.07, 6.45) is 5.48. The summed E-state index contributed by atoms with van der Waals surface area (Å²) >= 11 is 0. The monoisotopic (exact) mass is 278 g/mol. The van der Waals surface area contributed by atoms with Gasteiger partial charge in [-0.25, -0.2) is 0 Å². The van der Waals surface area contributed by atoms with E-state index in [4.69, 9.17) is 0 Å². The van der Waals surface area contributed by atoms with Crippen molar-refractivity contribution in [2.24, 2.45) is 11.8 Å². The number of carbonyl (C=O) groups excluding carboxylic acids is 1. The average molecular weight is 278 g/mol. The van der Waals surface area contributed by atoms with Crippen molar-refractivity contribution in [2.75, 3.05) is 32.7 Å². The zero-order chi connectivity index (χ0) is 14.5. The fraction of sp³-hybridized carbons (Fsp3) is 0.824. The molecule has 0 atom stereocenters. The molecular formula is C17H30N2O. The molecule has 0 radical (unpaired) electrons. The Morgan fingerprint density at radius 3 is 2.25 bits per heavy atom. The number of carbonyl (C=O) groups is 1. The number of hydrogen-bond donors (Lipinski definition) is 0. The van der Waals surface area contributed by atoms with Crippen molar-refractivity contribution in [1.82, 2.24) is 9.80 Å². The summed E-state index contributed by atoms with van der Waals surface area (Å²) in [5.41, 5.74) is 1.28. The zero-order valence-corrected chi connectivity index (χ0v) is 13.2. The van der Waals surface area contributed by atoms with Gasteiger partial charge < -0.3 is 9.80 Å². The molecule has 0 N–H and O–H groups in total. The number of amides is 1. The molecule has 3 nitrogen and oxygen atoms in total. The Bertz CT molecular complexity index is 337. The maximum Gasteiger partial charge on any atom is 0.223 e. The molecule has 2 aliphatic rings. The Morgan fingerprint density at radius 1 is 1.10 bits per heavy atom. The van der Waals surface area contributed by atoms with Crippen molar-refractivity contribution >= 4 is 5.91 Å². The molecule has 1 amide bonds. The maximum atomic E-state index is 12.3. The molecule has 0 aromatic heterocycles. The molecule has 2 fully saturated rings. The highest BCUT2D eigenvalue weighted by atomic mass is 16.2. The van der Waals surface area contributed by atoms with Crippen molar-refractivity contribution in [3.63, 3.8) is 0 Å². The molecule has 0 unspecified atom stereocenters. The lowest BCUT2D eigenvalue weighted by molar-refractivity contribution is -0.132. The van der Waals surface area contributed by atoms with Crippen LogP contribution in [0.15, 0.2) is 12.2 Å². The second kappa shape index (κ2) is 7.26. The molecule has 0 aromatic rings. The van der Waals surface area contributed by atoms with Gasteiger partial charge in [0.1, 0.15) is 0 Å². The quantitative estimate of drug-likeness (QED) is 0.738. The van der Waals surface area contributed by atoms with Crippen LogP contribution in [-0.2, 0) is 4.79 Å². The van der Waals surface area contributed by atoms with Crippen LogP contribution in [0.3, 0.4) is 0 Å². The van der Waals surface area contributed by atoms with Crippen LogP contribution in [0.2, 0.25) is 0 Å². The smallest absolute Gasteiger partial charge is 0.223 e. The van der Waals surface area contributed by atoms with Crippen molar-refractivity contribution < 1.29 is 4.79 Å². The summed E-state index contributed by atoms with van der Waals surface area (Å²) in [7, 11) is 0. The van der Waals surface area contributed by atoms with E-state index in [9.17, 15) is 4.79 Å². The molecule has 2 saturated heterocycles. The molecular weight excluding hydrogens is 248 g/mol. The summed E-state index contributed by atoms with van der Waals surface area (Å²) in [4.78, 5) is 16.8. The minimum atomic E-state index is 0.351. The number of allylic oxidation sites excluding steroid dienone is 1. The molecule has 114 valence electrons. The van der Waals surface area contributed by atoms with Crippen LogP contribution in [-0.4, -0.2) is 48.4 Å². The summed E-state index contributed by atoms with van der Waals surface area (Å²) in [6.45, 7) is 13.6. The van der Waals surface area contributed by atoms with Gasteiger partial charge in [-0.15, -0.1) is 0 Å². The van der Waals surface area contributed by atoms with Crippen LogP contribution in [0.25, 0.3) is 0 Å².